The molecular weight excluding hydrogens is 566 g/mol. The number of likely N-dealkylation sites (N-methyl/N-ethyl adjacent to an activating group) is 1. The first-order valence-electron chi connectivity index (χ1n) is 10.7. The van der Waals surface area contributed by atoms with Gasteiger partial charge in [0.25, 0.3) is 21.8 Å². The molecule has 1 fully saturated rings. The largest absolute Gasteiger partial charge is 0.449 e. The molecule has 0 aliphatic carbocycles. The van der Waals surface area contributed by atoms with Crippen molar-refractivity contribution in [2.45, 2.75) is 29.6 Å². The molecule has 17 heteroatoms. The number of piperazine rings is 1. The van der Waals surface area contributed by atoms with E-state index in [1.54, 1.807) is 0 Å². The van der Waals surface area contributed by atoms with Gasteiger partial charge in [-0.15, -0.1) is 0 Å². The summed E-state index contributed by atoms with van der Waals surface area (Å²) in [6, 6.07) is 1.54. The van der Waals surface area contributed by atoms with Crippen LogP contribution in [0.25, 0.3) is 0 Å². The van der Waals surface area contributed by atoms with Crippen LogP contribution >= 0.6 is 23.2 Å². The number of carbonyl (C=O) groups excluding carboxylic acids is 3. The van der Waals surface area contributed by atoms with Crippen LogP contribution in [-0.4, -0.2) is 92.0 Å². The summed E-state index contributed by atoms with van der Waals surface area (Å²) in [6.45, 7) is 1.67. The monoisotopic (exact) mass is 587 g/mol. The number of esters is 1. The average molecular weight is 588 g/mol. The Bertz CT molecular complexity index is 1190. The lowest BCUT2D eigenvalue weighted by Crippen LogP contribution is -2.63. The van der Waals surface area contributed by atoms with E-state index in [4.69, 9.17) is 27.9 Å². The summed E-state index contributed by atoms with van der Waals surface area (Å²) in [5.74, 6) is -4.22. The lowest BCUT2D eigenvalue weighted by atomic mass is 10.1. The first-order chi connectivity index (χ1) is 17.2. The predicted molar refractivity (Wildman–Crippen MR) is 124 cm³/mol. The molecule has 37 heavy (non-hydrogen) atoms. The van der Waals surface area contributed by atoms with E-state index in [-0.39, 0.29) is 5.02 Å². The number of hydrazine groups is 1. The molecule has 0 bridgehead atoms. The van der Waals surface area contributed by atoms with Gasteiger partial charge in [0, 0.05) is 38.6 Å². The number of carbonyl (C=O) groups is 3. The van der Waals surface area contributed by atoms with Gasteiger partial charge in [-0.05, 0) is 19.2 Å². The summed E-state index contributed by atoms with van der Waals surface area (Å²) in [5.41, 5.74) is 2.39. The average Bonchev–Trinajstić information content (AvgIpc) is 2.79. The van der Waals surface area contributed by atoms with E-state index in [0.29, 0.717) is 30.5 Å². The molecule has 0 spiro atoms. The molecule has 2 heterocycles. The SMILES string of the molecule is CN1CCN(NC(=O)C(OC(=O)CC(F)(F)F)[C@@H]2C(=O)NC=CN2S(=O)(=O)c2cccc(Cl)c2Cl)CC1. The first-order valence-corrected chi connectivity index (χ1v) is 12.8. The molecule has 1 aromatic carbocycles. The Labute approximate surface area is 220 Å². The van der Waals surface area contributed by atoms with Crippen molar-refractivity contribution in [2.75, 3.05) is 33.2 Å². The topological polar surface area (TPSA) is 128 Å². The van der Waals surface area contributed by atoms with Crippen molar-refractivity contribution in [2.24, 2.45) is 0 Å². The summed E-state index contributed by atoms with van der Waals surface area (Å²) in [4.78, 5) is 39.5. The van der Waals surface area contributed by atoms with Gasteiger partial charge in [0.05, 0.1) is 10.0 Å². The molecule has 204 valence electrons. The molecular formula is C20H22Cl2F3N5O6S. The maximum Gasteiger partial charge on any atom is 0.399 e. The van der Waals surface area contributed by atoms with E-state index < -0.39 is 62.5 Å². The van der Waals surface area contributed by atoms with Gasteiger partial charge in [-0.3, -0.25) is 24.1 Å². The van der Waals surface area contributed by atoms with E-state index in [9.17, 15) is 36.0 Å². The van der Waals surface area contributed by atoms with Crippen molar-refractivity contribution in [1.82, 2.24) is 25.0 Å². The van der Waals surface area contributed by atoms with Crippen LogP contribution in [0.3, 0.4) is 0 Å². The number of ether oxygens (including phenoxy) is 1. The van der Waals surface area contributed by atoms with Gasteiger partial charge >= 0.3 is 12.1 Å². The van der Waals surface area contributed by atoms with Crippen molar-refractivity contribution in [1.29, 1.82) is 0 Å². The highest BCUT2D eigenvalue weighted by Crippen LogP contribution is 2.33. The van der Waals surface area contributed by atoms with Crippen LogP contribution in [0.5, 0.6) is 0 Å². The Morgan fingerprint density at radius 3 is 2.49 bits per heavy atom. The number of benzene rings is 1. The van der Waals surface area contributed by atoms with Gasteiger partial charge in [0.15, 0.2) is 6.04 Å². The number of amides is 2. The number of halogens is 5. The quantitative estimate of drug-likeness (QED) is 0.454. The zero-order chi connectivity index (χ0) is 27.5. The molecule has 2 aliphatic rings. The molecule has 0 saturated carbocycles. The lowest BCUT2D eigenvalue weighted by molar-refractivity contribution is -0.181. The second-order valence-electron chi connectivity index (χ2n) is 8.12. The van der Waals surface area contributed by atoms with Crippen LogP contribution in [0.15, 0.2) is 35.5 Å². The third-order valence-corrected chi connectivity index (χ3v) is 8.11. The Kier molecular flexibility index (Phi) is 8.95. The Balaban J connectivity index is 2.00. The van der Waals surface area contributed by atoms with Crippen molar-refractivity contribution in [3.8, 4) is 0 Å². The van der Waals surface area contributed by atoms with Crippen LogP contribution < -0.4 is 10.7 Å². The maximum absolute atomic E-state index is 13.5. The summed E-state index contributed by atoms with van der Waals surface area (Å²) in [5, 5.41) is 3.07. The Hall–Kier alpha value is -2.59. The normalized spacial score (nSPS) is 20.3. The molecule has 2 amide bonds. The number of rotatable bonds is 7. The molecule has 3 rings (SSSR count). The van der Waals surface area contributed by atoms with E-state index in [0.717, 1.165) is 18.5 Å². The minimum Gasteiger partial charge on any atom is -0.449 e. The molecule has 1 aromatic rings. The highest BCUT2D eigenvalue weighted by molar-refractivity contribution is 7.89. The summed E-state index contributed by atoms with van der Waals surface area (Å²) in [6.07, 6.45) is -7.56. The fourth-order valence-electron chi connectivity index (χ4n) is 3.53. The summed E-state index contributed by atoms with van der Waals surface area (Å²) < 4.78 is 70.6. The van der Waals surface area contributed by atoms with Crippen molar-refractivity contribution in [3.63, 3.8) is 0 Å². The van der Waals surface area contributed by atoms with E-state index in [2.05, 4.69) is 10.7 Å². The highest BCUT2D eigenvalue weighted by Gasteiger charge is 2.48. The fourth-order valence-corrected chi connectivity index (χ4v) is 5.72. The van der Waals surface area contributed by atoms with E-state index in [1.807, 2.05) is 11.9 Å². The van der Waals surface area contributed by atoms with Gasteiger partial charge in [0.2, 0.25) is 6.10 Å². The smallest absolute Gasteiger partial charge is 0.399 e. The van der Waals surface area contributed by atoms with Crippen LogP contribution in [0, 0.1) is 0 Å². The Morgan fingerprint density at radius 1 is 1.22 bits per heavy atom. The summed E-state index contributed by atoms with van der Waals surface area (Å²) in [7, 11) is -2.90. The summed E-state index contributed by atoms with van der Waals surface area (Å²) >= 11 is 12.0. The zero-order valence-electron chi connectivity index (χ0n) is 19.2. The lowest BCUT2D eigenvalue weighted by Gasteiger charge is -2.37. The molecule has 0 aromatic heterocycles. The minimum atomic E-state index is -4.98. The van der Waals surface area contributed by atoms with E-state index >= 15 is 0 Å². The number of nitrogens with zero attached hydrogens (tertiary/aromatic N) is 3. The number of hydrogen-bond acceptors (Lipinski definition) is 8. The second-order valence-corrected chi connectivity index (χ2v) is 10.7. The van der Waals surface area contributed by atoms with Gasteiger partial charge in [0.1, 0.15) is 11.3 Å². The van der Waals surface area contributed by atoms with Crippen LogP contribution in [0.4, 0.5) is 13.2 Å². The number of nitrogens with one attached hydrogen (secondary N) is 2. The van der Waals surface area contributed by atoms with Crippen molar-refractivity contribution < 1.29 is 40.7 Å². The maximum atomic E-state index is 13.5. The molecule has 11 nitrogen and oxygen atoms in total. The van der Waals surface area contributed by atoms with Gasteiger partial charge in [-0.2, -0.15) is 13.2 Å². The molecule has 1 saturated heterocycles. The third kappa shape index (κ3) is 7.04. The predicted octanol–water partition coefficient (Wildman–Crippen LogP) is 1.10. The fraction of sp³-hybridized carbons (Fsp3) is 0.450. The molecule has 2 aliphatic heterocycles. The molecule has 2 atom stereocenters. The number of hydrogen-bond donors (Lipinski definition) is 2. The number of alkyl halides is 3. The van der Waals surface area contributed by atoms with Crippen LogP contribution in [-0.2, 0) is 29.1 Å². The molecule has 0 radical (unpaired) electrons. The van der Waals surface area contributed by atoms with E-state index in [1.165, 1.54) is 17.1 Å². The van der Waals surface area contributed by atoms with Crippen molar-refractivity contribution in [3.05, 3.63) is 40.6 Å². The first kappa shape index (κ1) is 29.0. The zero-order valence-corrected chi connectivity index (χ0v) is 21.5. The minimum absolute atomic E-state index is 0.134. The van der Waals surface area contributed by atoms with Gasteiger partial charge < -0.3 is 15.0 Å². The number of sulfonamides is 1. The van der Waals surface area contributed by atoms with Gasteiger partial charge in [-0.25, -0.2) is 13.4 Å². The molecule has 2 N–H and O–H groups in total. The standard InChI is InChI=1S/C20H22Cl2F3N5O6S/c1-28-7-9-29(10-8-28)27-19(33)17(36-14(31)11-20(23,24)25)16-18(32)26-5-6-30(16)37(34,35)13-4-2-3-12(21)15(13)22/h2-6,16-17H,7-11H2,1H3,(H,26,32)(H,27,33)/t16-,17?/m1/s1. The molecule has 1 unspecified atom stereocenters. The second kappa shape index (κ2) is 11.4. The third-order valence-electron chi connectivity index (χ3n) is 5.38. The van der Waals surface area contributed by atoms with Crippen molar-refractivity contribution >= 4 is 51.0 Å². The van der Waals surface area contributed by atoms with Crippen LogP contribution in [0.1, 0.15) is 6.42 Å². The van der Waals surface area contributed by atoms with Gasteiger partial charge in [-0.1, -0.05) is 29.3 Å². The van der Waals surface area contributed by atoms with Crippen LogP contribution in [0.2, 0.25) is 10.0 Å². The Morgan fingerprint density at radius 2 is 1.86 bits per heavy atom. The highest BCUT2D eigenvalue weighted by atomic mass is 35.5.